The first-order chi connectivity index (χ1) is 12.5. The second-order valence-electron chi connectivity index (χ2n) is 6.89. The van der Waals surface area contributed by atoms with E-state index in [1.54, 1.807) is 17.0 Å². The van der Waals surface area contributed by atoms with Crippen LogP contribution in [0.25, 0.3) is 6.08 Å². The van der Waals surface area contributed by atoms with Crippen LogP contribution in [0.5, 0.6) is 0 Å². The molecule has 0 saturated carbocycles. The summed E-state index contributed by atoms with van der Waals surface area (Å²) in [6.07, 6.45) is 0.133. The third-order valence-electron chi connectivity index (χ3n) is 4.92. The van der Waals surface area contributed by atoms with Crippen LogP contribution in [0.1, 0.15) is 16.7 Å². The molecule has 1 aliphatic heterocycles. The van der Waals surface area contributed by atoms with Gasteiger partial charge < -0.3 is 9.80 Å². The molecule has 3 rings (SSSR count). The summed E-state index contributed by atoms with van der Waals surface area (Å²) in [6.45, 7) is 6.10. The molecule has 1 saturated heterocycles. The topological polar surface area (TPSA) is 8.88 Å². The van der Waals surface area contributed by atoms with Crippen LogP contribution in [0.2, 0.25) is 0 Å². The molecular formula is C21H25F3N2+2. The van der Waals surface area contributed by atoms with Crippen molar-refractivity contribution in [2.24, 2.45) is 0 Å². The maximum absolute atomic E-state index is 12.6. The maximum Gasteiger partial charge on any atom is 0.416 e. The predicted octanol–water partition coefficient (Wildman–Crippen LogP) is 1.70. The van der Waals surface area contributed by atoms with Crippen molar-refractivity contribution in [3.63, 3.8) is 0 Å². The molecule has 2 aromatic rings. The van der Waals surface area contributed by atoms with Crippen molar-refractivity contribution in [1.82, 2.24) is 0 Å². The zero-order valence-corrected chi connectivity index (χ0v) is 14.7. The fourth-order valence-electron chi connectivity index (χ4n) is 3.36. The molecule has 0 radical (unpaired) electrons. The number of hydrogen-bond acceptors (Lipinski definition) is 0. The normalized spacial score (nSPS) is 21.2. The molecule has 0 aliphatic carbocycles. The van der Waals surface area contributed by atoms with Crippen LogP contribution in [0.15, 0.2) is 60.7 Å². The number of alkyl halides is 3. The Morgan fingerprint density at radius 3 is 2.04 bits per heavy atom. The summed E-state index contributed by atoms with van der Waals surface area (Å²) in [4.78, 5) is 3.01. The first kappa shape index (κ1) is 18.7. The van der Waals surface area contributed by atoms with Crippen LogP contribution in [0.3, 0.4) is 0 Å². The third kappa shape index (κ3) is 5.44. The SMILES string of the molecule is FC(F)(F)c1ccc(C[NH+]2CC[NH+](C/C=C/c3ccccc3)CC2)cc1. The average Bonchev–Trinajstić information content (AvgIpc) is 2.64. The lowest BCUT2D eigenvalue weighted by Gasteiger charge is -2.29. The average molecular weight is 362 g/mol. The van der Waals surface area contributed by atoms with Crippen LogP contribution in [-0.4, -0.2) is 32.7 Å². The Labute approximate surface area is 152 Å². The molecule has 0 spiro atoms. The van der Waals surface area contributed by atoms with Gasteiger partial charge in [0.05, 0.1) is 12.1 Å². The highest BCUT2D eigenvalue weighted by Gasteiger charge is 2.30. The molecule has 1 fully saturated rings. The van der Waals surface area contributed by atoms with E-state index in [0.717, 1.165) is 44.8 Å². The van der Waals surface area contributed by atoms with Gasteiger partial charge in [0.2, 0.25) is 0 Å². The van der Waals surface area contributed by atoms with E-state index in [4.69, 9.17) is 0 Å². The predicted molar refractivity (Wildman–Crippen MR) is 96.9 cm³/mol. The van der Waals surface area contributed by atoms with Crippen molar-refractivity contribution >= 4 is 6.08 Å². The fraction of sp³-hybridized carbons (Fsp3) is 0.333. The van der Waals surface area contributed by atoms with Crippen LogP contribution in [0, 0.1) is 0 Å². The summed E-state index contributed by atoms with van der Waals surface area (Å²) in [5, 5.41) is 0. The number of benzene rings is 2. The summed E-state index contributed by atoms with van der Waals surface area (Å²) < 4.78 is 37.9. The van der Waals surface area contributed by atoms with Crippen LogP contribution in [-0.2, 0) is 12.7 Å². The Balaban J connectivity index is 1.43. The van der Waals surface area contributed by atoms with E-state index >= 15 is 0 Å². The van der Waals surface area contributed by atoms with Crippen LogP contribution >= 0.6 is 0 Å². The van der Waals surface area contributed by atoms with Gasteiger partial charge in [-0.05, 0) is 23.8 Å². The Morgan fingerprint density at radius 1 is 0.808 bits per heavy atom. The summed E-state index contributed by atoms with van der Waals surface area (Å²) >= 11 is 0. The van der Waals surface area contributed by atoms with Crippen molar-refractivity contribution in [2.45, 2.75) is 12.7 Å². The Kier molecular flexibility index (Phi) is 6.12. The van der Waals surface area contributed by atoms with Gasteiger partial charge in [0.1, 0.15) is 32.7 Å². The smallest absolute Gasteiger partial charge is 0.322 e. The van der Waals surface area contributed by atoms with E-state index in [1.807, 2.05) is 18.2 Å². The molecule has 138 valence electrons. The van der Waals surface area contributed by atoms with Gasteiger partial charge in [0.25, 0.3) is 0 Å². The minimum Gasteiger partial charge on any atom is -0.322 e. The number of rotatable bonds is 5. The molecule has 1 heterocycles. The lowest BCUT2D eigenvalue weighted by Crippen LogP contribution is -3.27. The van der Waals surface area contributed by atoms with Gasteiger partial charge in [-0.15, -0.1) is 0 Å². The van der Waals surface area contributed by atoms with Gasteiger partial charge in [0.15, 0.2) is 0 Å². The third-order valence-corrected chi connectivity index (χ3v) is 4.92. The summed E-state index contributed by atoms with van der Waals surface area (Å²) in [5.41, 5.74) is 1.62. The van der Waals surface area contributed by atoms with Gasteiger partial charge in [-0.25, -0.2) is 0 Å². The molecule has 1 aliphatic rings. The number of nitrogens with one attached hydrogen (secondary N) is 2. The zero-order valence-electron chi connectivity index (χ0n) is 14.7. The molecule has 2 aromatic carbocycles. The van der Waals surface area contributed by atoms with Gasteiger partial charge in [-0.1, -0.05) is 48.5 Å². The fourth-order valence-corrected chi connectivity index (χ4v) is 3.36. The maximum atomic E-state index is 12.6. The summed E-state index contributed by atoms with van der Waals surface area (Å²) in [5.74, 6) is 0. The monoisotopic (exact) mass is 362 g/mol. The Bertz CT molecular complexity index is 700. The molecule has 0 atom stereocenters. The lowest BCUT2D eigenvalue weighted by molar-refractivity contribution is -1.02. The molecule has 0 amide bonds. The second-order valence-corrected chi connectivity index (χ2v) is 6.89. The highest BCUT2D eigenvalue weighted by atomic mass is 19.4. The van der Waals surface area contributed by atoms with E-state index in [0.29, 0.717) is 0 Å². The van der Waals surface area contributed by atoms with Crippen molar-refractivity contribution < 1.29 is 23.0 Å². The van der Waals surface area contributed by atoms with Crippen LogP contribution in [0.4, 0.5) is 13.2 Å². The Morgan fingerprint density at radius 2 is 1.42 bits per heavy atom. The van der Waals surface area contributed by atoms with Gasteiger partial charge in [0, 0.05) is 5.56 Å². The minimum absolute atomic E-state index is 0.573. The van der Waals surface area contributed by atoms with E-state index in [9.17, 15) is 13.2 Å². The first-order valence-corrected chi connectivity index (χ1v) is 9.05. The molecule has 5 heteroatoms. The molecule has 0 bridgehead atoms. The summed E-state index contributed by atoms with van der Waals surface area (Å²) in [7, 11) is 0. The van der Waals surface area contributed by atoms with Crippen molar-refractivity contribution in [3.05, 3.63) is 77.4 Å². The quantitative estimate of drug-likeness (QED) is 0.801. The Hall–Kier alpha value is -2.11. The number of piperazine rings is 1. The molecule has 26 heavy (non-hydrogen) atoms. The van der Waals surface area contributed by atoms with E-state index in [-0.39, 0.29) is 0 Å². The molecular weight excluding hydrogens is 337 g/mol. The number of quaternary nitrogens is 2. The number of halogens is 3. The molecule has 0 aromatic heterocycles. The molecule has 2 N–H and O–H groups in total. The van der Waals surface area contributed by atoms with E-state index in [2.05, 4.69) is 24.3 Å². The molecule has 2 nitrogen and oxygen atoms in total. The highest BCUT2D eigenvalue weighted by Crippen LogP contribution is 2.28. The second kappa shape index (κ2) is 8.52. The van der Waals surface area contributed by atoms with Gasteiger partial charge in [-0.3, -0.25) is 0 Å². The van der Waals surface area contributed by atoms with Gasteiger partial charge >= 0.3 is 6.18 Å². The highest BCUT2D eigenvalue weighted by molar-refractivity contribution is 5.48. The number of hydrogen-bond donors (Lipinski definition) is 2. The summed E-state index contributed by atoms with van der Waals surface area (Å²) in [6, 6.07) is 15.9. The largest absolute Gasteiger partial charge is 0.416 e. The van der Waals surface area contributed by atoms with Crippen LogP contribution < -0.4 is 9.80 Å². The van der Waals surface area contributed by atoms with E-state index in [1.165, 1.54) is 22.6 Å². The van der Waals surface area contributed by atoms with E-state index < -0.39 is 11.7 Å². The minimum atomic E-state index is -4.26. The van der Waals surface area contributed by atoms with Gasteiger partial charge in [-0.2, -0.15) is 13.2 Å². The standard InChI is InChI=1S/C21H23F3N2/c22-21(23,24)20-10-8-19(9-11-20)17-26-15-13-25(14-16-26)12-4-7-18-5-2-1-3-6-18/h1-11H,12-17H2/p+2/b7-4+. The first-order valence-electron chi connectivity index (χ1n) is 9.05. The van der Waals surface area contributed by atoms with Crippen molar-refractivity contribution in [3.8, 4) is 0 Å². The van der Waals surface area contributed by atoms with Crippen molar-refractivity contribution in [2.75, 3.05) is 32.7 Å². The zero-order chi connectivity index (χ0) is 18.4. The lowest BCUT2D eigenvalue weighted by atomic mass is 10.1. The molecule has 0 unspecified atom stereocenters. The van der Waals surface area contributed by atoms with Crippen molar-refractivity contribution in [1.29, 1.82) is 0 Å².